The number of rotatable bonds is 5. The minimum atomic E-state index is -0.263. The lowest BCUT2D eigenvalue weighted by atomic mass is 10.1. The van der Waals surface area contributed by atoms with Crippen LogP contribution >= 0.6 is 0 Å². The number of hydrogen-bond donors (Lipinski definition) is 2. The minimum absolute atomic E-state index is 0.0760. The van der Waals surface area contributed by atoms with E-state index in [2.05, 4.69) is 16.4 Å². The lowest BCUT2D eigenvalue weighted by Gasteiger charge is -2.17. The van der Waals surface area contributed by atoms with E-state index in [9.17, 15) is 0 Å². The highest BCUT2D eigenvalue weighted by atomic mass is 16.5. The molecule has 5 nitrogen and oxygen atoms in total. The zero-order valence-corrected chi connectivity index (χ0v) is 10.3. The zero-order chi connectivity index (χ0) is 12.8. The SMILES string of the molecule is COCC(CO)Nc1nc(C)cc(C)c1C#N. The average Bonchev–Trinajstić information content (AvgIpc) is 2.28. The second-order valence-electron chi connectivity index (χ2n) is 3.90. The fourth-order valence-corrected chi connectivity index (χ4v) is 1.62. The smallest absolute Gasteiger partial charge is 0.144 e. The number of aliphatic hydroxyl groups excluding tert-OH is 1. The average molecular weight is 235 g/mol. The van der Waals surface area contributed by atoms with Crippen LogP contribution in [0.25, 0.3) is 0 Å². The Hall–Kier alpha value is -1.64. The van der Waals surface area contributed by atoms with Crippen molar-refractivity contribution < 1.29 is 9.84 Å². The molecular formula is C12H17N3O2. The Morgan fingerprint density at radius 3 is 2.82 bits per heavy atom. The second kappa shape index (κ2) is 6.18. The van der Waals surface area contributed by atoms with Crippen LogP contribution in [0.1, 0.15) is 16.8 Å². The molecule has 0 aliphatic rings. The minimum Gasteiger partial charge on any atom is -0.394 e. The Morgan fingerprint density at radius 2 is 2.29 bits per heavy atom. The number of methoxy groups -OCH3 is 1. The maximum Gasteiger partial charge on any atom is 0.144 e. The highest BCUT2D eigenvalue weighted by molar-refractivity contribution is 5.56. The number of aliphatic hydroxyl groups is 1. The van der Waals surface area contributed by atoms with Gasteiger partial charge in [-0.3, -0.25) is 0 Å². The lowest BCUT2D eigenvalue weighted by molar-refractivity contribution is 0.153. The topological polar surface area (TPSA) is 78.2 Å². The molecule has 1 heterocycles. The molecule has 0 aliphatic heterocycles. The summed E-state index contributed by atoms with van der Waals surface area (Å²) in [5.41, 5.74) is 2.21. The molecule has 0 radical (unpaired) electrons. The molecule has 0 saturated carbocycles. The van der Waals surface area contributed by atoms with Gasteiger partial charge in [0.25, 0.3) is 0 Å². The predicted octanol–water partition coefficient (Wildman–Crippen LogP) is 0.989. The van der Waals surface area contributed by atoms with Crippen molar-refractivity contribution in [3.63, 3.8) is 0 Å². The normalized spacial score (nSPS) is 11.9. The van der Waals surface area contributed by atoms with Crippen LogP contribution in [-0.2, 0) is 4.74 Å². The van der Waals surface area contributed by atoms with Crippen LogP contribution in [0.15, 0.2) is 6.07 Å². The number of aryl methyl sites for hydroxylation is 2. The van der Waals surface area contributed by atoms with E-state index in [1.54, 1.807) is 7.11 Å². The molecule has 1 atom stereocenters. The summed E-state index contributed by atoms with van der Waals surface area (Å²) in [7, 11) is 1.56. The molecule has 1 rings (SSSR count). The molecule has 0 aromatic carbocycles. The third kappa shape index (κ3) is 3.41. The standard InChI is InChI=1S/C12H17N3O2/c1-8-4-9(2)14-12(11(8)5-13)15-10(6-16)7-17-3/h4,10,16H,6-7H2,1-3H3,(H,14,15). The summed E-state index contributed by atoms with van der Waals surface area (Å²) in [6.07, 6.45) is 0. The maximum atomic E-state index is 9.17. The van der Waals surface area contributed by atoms with Crippen molar-refractivity contribution in [1.29, 1.82) is 5.26 Å². The highest BCUT2D eigenvalue weighted by Gasteiger charge is 2.13. The number of hydrogen-bond acceptors (Lipinski definition) is 5. The van der Waals surface area contributed by atoms with Crippen LogP contribution in [-0.4, -0.2) is 36.5 Å². The van der Waals surface area contributed by atoms with E-state index in [-0.39, 0.29) is 12.6 Å². The van der Waals surface area contributed by atoms with Crippen molar-refractivity contribution in [3.05, 3.63) is 22.9 Å². The summed E-state index contributed by atoms with van der Waals surface area (Å²) in [4.78, 5) is 4.27. The summed E-state index contributed by atoms with van der Waals surface area (Å²) >= 11 is 0. The Morgan fingerprint density at radius 1 is 1.59 bits per heavy atom. The molecule has 0 spiro atoms. The molecule has 5 heteroatoms. The van der Waals surface area contributed by atoms with Crippen molar-refractivity contribution in [3.8, 4) is 6.07 Å². The zero-order valence-electron chi connectivity index (χ0n) is 10.3. The Labute approximate surface area is 101 Å². The van der Waals surface area contributed by atoms with Gasteiger partial charge in [-0.25, -0.2) is 4.98 Å². The first-order valence-corrected chi connectivity index (χ1v) is 5.37. The van der Waals surface area contributed by atoms with Gasteiger partial charge in [0.1, 0.15) is 11.9 Å². The number of aromatic nitrogens is 1. The van der Waals surface area contributed by atoms with E-state index in [0.29, 0.717) is 18.0 Å². The number of nitrogens with zero attached hydrogens (tertiary/aromatic N) is 2. The van der Waals surface area contributed by atoms with Crippen molar-refractivity contribution in [1.82, 2.24) is 4.98 Å². The van der Waals surface area contributed by atoms with Crippen LogP contribution in [0.4, 0.5) is 5.82 Å². The third-order valence-electron chi connectivity index (χ3n) is 2.39. The van der Waals surface area contributed by atoms with E-state index in [1.807, 2.05) is 19.9 Å². The molecule has 2 N–H and O–H groups in total. The van der Waals surface area contributed by atoms with E-state index < -0.39 is 0 Å². The van der Waals surface area contributed by atoms with Crippen LogP contribution in [0, 0.1) is 25.2 Å². The number of pyridine rings is 1. The maximum absolute atomic E-state index is 9.17. The molecule has 0 aliphatic carbocycles. The first kappa shape index (κ1) is 13.4. The van der Waals surface area contributed by atoms with E-state index in [0.717, 1.165) is 11.3 Å². The molecule has 0 bridgehead atoms. The highest BCUT2D eigenvalue weighted by Crippen LogP contribution is 2.18. The number of nitrogens with one attached hydrogen (secondary N) is 1. The van der Waals surface area contributed by atoms with Crippen molar-refractivity contribution >= 4 is 5.82 Å². The van der Waals surface area contributed by atoms with Crippen LogP contribution < -0.4 is 5.32 Å². The van der Waals surface area contributed by atoms with Gasteiger partial charge in [0.15, 0.2) is 0 Å². The van der Waals surface area contributed by atoms with Gasteiger partial charge in [-0.05, 0) is 25.5 Å². The van der Waals surface area contributed by atoms with Gasteiger partial charge < -0.3 is 15.2 Å². The number of ether oxygens (including phenoxy) is 1. The molecule has 0 fully saturated rings. The Balaban J connectivity index is 3.00. The lowest BCUT2D eigenvalue weighted by Crippen LogP contribution is -2.29. The molecule has 92 valence electrons. The summed E-state index contributed by atoms with van der Waals surface area (Å²) in [6, 6.07) is 3.71. The summed E-state index contributed by atoms with van der Waals surface area (Å²) in [5, 5.41) is 21.3. The van der Waals surface area contributed by atoms with Crippen LogP contribution in [0.3, 0.4) is 0 Å². The first-order valence-electron chi connectivity index (χ1n) is 5.37. The monoisotopic (exact) mass is 235 g/mol. The fraction of sp³-hybridized carbons (Fsp3) is 0.500. The fourth-order valence-electron chi connectivity index (χ4n) is 1.62. The van der Waals surface area contributed by atoms with Crippen molar-refractivity contribution in [2.45, 2.75) is 19.9 Å². The van der Waals surface area contributed by atoms with Gasteiger partial charge in [-0.15, -0.1) is 0 Å². The third-order valence-corrected chi connectivity index (χ3v) is 2.39. The van der Waals surface area contributed by atoms with Gasteiger partial charge in [-0.1, -0.05) is 0 Å². The van der Waals surface area contributed by atoms with Gasteiger partial charge in [0.2, 0.25) is 0 Å². The van der Waals surface area contributed by atoms with Crippen LogP contribution in [0.5, 0.6) is 0 Å². The molecule has 0 amide bonds. The van der Waals surface area contributed by atoms with E-state index in [4.69, 9.17) is 15.1 Å². The molecule has 0 saturated heterocycles. The first-order chi connectivity index (χ1) is 8.12. The number of nitriles is 1. The Kier molecular flexibility index (Phi) is 4.88. The van der Waals surface area contributed by atoms with Crippen LogP contribution in [0.2, 0.25) is 0 Å². The van der Waals surface area contributed by atoms with E-state index in [1.165, 1.54) is 0 Å². The van der Waals surface area contributed by atoms with Gasteiger partial charge >= 0.3 is 0 Å². The second-order valence-corrected chi connectivity index (χ2v) is 3.90. The Bertz CT molecular complexity index is 426. The largest absolute Gasteiger partial charge is 0.394 e. The molecule has 1 aromatic rings. The molecule has 1 aromatic heterocycles. The summed E-state index contributed by atoms with van der Waals surface area (Å²) in [5.74, 6) is 0.501. The number of anilines is 1. The molecule has 17 heavy (non-hydrogen) atoms. The van der Waals surface area contributed by atoms with Crippen molar-refractivity contribution in [2.75, 3.05) is 25.6 Å². The molecule has 1 unspecified atom stereocenters. The van der Waals surface area contributed by atoms with E-state index >= 15 is 0 Å². The summed E-state index contributed by atoms with van der Waals surface area (Å²) < 4.78 is 4.97. The quantitative estimate of drug-likeness (QED) is 0.795. The van der Waals surface area contributed by atoms with Gasteiger partial charge in [0.05, 0.1) is 24.8 Å². The summed E-state index contributed by atoms with van der Waals surface area (Å²) in [6.45, 7) is 4.01. The van der Waals surface area contributed by atoms with Gasteiger partial charge in [-0.2, -0.15) is 5.26 Å². The van der Waals surface area contributed by atoms with Gasteiger partial charge in [0, 0.05) is 12.8 Å². The van der Waals surface area contributed by atoms with Crippen molar-refractivity contribution in [2.24, 2.45) is 0 Å². The predicted molar refractivity (Wildman–Crippen MR) is 64.8 cm³/mol. The molecular weight excluding hydrogens is 218 g/mol.